The van der Waals surface area contributed by atoms with Gasteiger partial charge in [-0.15, -0.1) is 0 Å². The minimum Gasteiger partial charge on any atom is -0.359 e. The second-order valence-electron chi connectivity index (χ2n) is 10.0. The molecule has 3 aromatic rings. The van der Waals surface area contributed by atoms with Crippen molar-refractivity contribution in [2.24, 2.45) is 5.92 Å². The lowest BCUT2D eigenvalue weighted by atomic mass is 9.50. The first-order valence-electron chi connectivity index (χ1n) is 13.0. The van der Waals surface area contributed by atoms with E-state index in [9.17, 15) is 0 Å². The van der Waals surface area contributed by atoms with E-state index in [1.54, 1.807) is 5.56 Å². The van der Waals surface area contributed by atoms with Crippen molar-refractivity contribution < 1.29 is 0 Å². The Kier molecular flexibility index (Phi) is 6.98. The van der Waals surface area contributed by atoms with Crippen LogP contribution in [0.5, 0.6) is 0 Å². The summed E-state index contributed by atoms with van der Waals surface area (Å²) in [4.78, 5) is 0. The van der Waals surface area contributed by atoms with Crippen molar-refractivity contribution >= 4 is 16.5 Å². The summed E-state index contributed by atoms with van der Waals surface area (Å²) in [7, 11) is 0. The second kappa shape index (κ2) is 9.75. The molecule has 3 aromatic carbocycles. The van der Waals surface area contributed by atoms with Crippen LogP contribution in [0.1, 0.15) is 84.3 Å². The largest absolute Gasteiger partial charge is 0.359 e. The molecule has 0 amide bonds. The molecule has 1 unspecified atom stereocenters. The van der Waals surface area contributed by atoms with Crippen LogP contribution in [-0.2, 0) is 10.8 Å². The van der Waals surface area contributed by atoms with Crippen LogP contribution < -0.4 is 5.32 Å². The molecule has 0 aliphatic heterocycles. The Morgan fingerprint density at radius 2 is 1.58 bits per heavy atom. The van der Waals surface area contributed by atoms with Gasteiger partial charge >= 0.3 is 0 Å². The number of benzene rings is 3. The van der Waals surface area contributed by atoms with Gasteiger partial charge in [0.25, 0.3) is 0 Å². The molecule has 0 radical (unpaired) electrons. The van der Waals surface area contributed by atoms with Crippen LogP contribution in [0.25, 0.3) is 10.8 Å². The molecular weight excluding hydrogens is 398 g/mol. The fraction of sp³-hybridized carbons (Fsp3) is 0.438. The van der Waals surface area contributed by atoms with Crippen molar-refractivity contribution in [2.75, 3.05) is 5.32 Å². The zero-order chi connectivity index (χ0) is 23.5. The normalized spacial score (nSPS) is 16.6. The number of nitrogens with one attached hydrogen (secondary N) is 1. The van der Waals surface area contributed by atoms with E-state index < -0.39 is 0 Å². The molecule has 0 bridgehead atoms. The molecule has 1 saturated carbocycles. The maximum Gasteiger partial charge on any atom is 0.0388 e. The summed E-state index contributed by atoms with van der Waals surface area (Å²) < 4.78 is 0. The van der Waals surface area contributed by atoms with E-state index in [0.29, 0.717) is 0 Å². The minimum atomic E-state index is 0.149. The molecule has 1 aliphatic carbocycles. The van der Waals surface area contributed by atoms with Crippen molar-refractivity contribution in [3.63, 3.8) is 0 Å². The van der Waals surface area contributed by atoms with E-state index in [-0.39, 0.29) is 10.8 Å². The van der Waals surface area contributed by atoms with Crippen LogP contribution in [0.3, 0.4) is 0 Å². The molecule has 174 valence electrons. The molecular formula is C32H41N. The van der Waals surface area contributed by atoms with E-state index >= 15 is 0 Å². The summed E-state index contributed by atoms with van der Waals surface area (Å²) in [5.41, 5.74) is 5.74. The van der Waals surface area contributed by atoms with Gasteiger partial charge in [0.2, 0.25) is 0 Å². The van der Waals surface area contributed by atoms with Gasteiger partial charge < -0.3 is 5.32 Å². The molecule has 1 N–H and O–H groups in total. The van der Waals surface area contributed by atoms with Crippen molar-refractivity contribution in [1.82, 2.24) is 0 Å². The number of hydrogen-bond acceptors (Lipinski definition) is 1. The molecule has 1 heteroatoms. The number of fused-ring (bicyclic) bond motifs is 1. The van der Waals surface area contributed by atoms with Crippen LogP contribution in [0, 0.1) is 5.92 Å². The summed E-state index contributed by atoms with van der Waals surface area (Å²) in [5, 5.41) is 6.21. The Labute approximate surface area is 201 Å². The molecule has 1 fully saturated rings. The van der Waals surface area contributed by atoms with Gasteiger partial charge in [0, 0.05) is 22.2 Å². The van der Waals surface area contributed by atoms with Crippen LogP contribution in [0.4, 0.5) is 5.69 Å². The van der Waals surface area contributed by atoms with Crippen molar-refractivity contribution in [1.29, 1.82) is 0 Å². The van der Waals surface area contributed by atoms with Gasteiger partial charge in [-0.3, -0.25) is 0 Å². The van der Waals surface area contributed by atoms with Crippen LogP contribution >= 0.6 is 0 Å². The quantitative estimate of drug-likeness (QED) is 0.332. The van der Waals surface area contributed by atoms with Gasteiger partial charge in [-0.05, 0) is 85.9 Å². The highest BCUT2D eigenvalue weighted by Gasteiger charge is 2.57. The highest BCUT2D eigenvalue weighted by atomic mass is 14.9. The first kappa shape index (κ1) is 23.6. The summed E-state index contributed by atoms with van der Waals surface area (Å²) in [6.07, 6.45) is 9.63. The zero-order valence-corrected chi connectivity index (χ0v) is 21.2. The Morgan fingerprint density at radius 1 is 0.879 bits per heavy atom. The smallest absolute Gasteiger partial charge is 0.0388 e. The Bertz CT molecular complexity index is 1100. The van der Waals surface area contributed by atoms with Crippen LogP contribution in [0.2, 0.25) is 0 Å². The maximum absolute atomic E-state index is 3.54. The molecule has 1 nitrogen and oxygen atoms in total. The predicted molar refractivity (Wildman–Crippen MR) is 145 cm³/mol. The lowest BCUT2D eigenvalue weighted by Crippen LogP contribution is -2.50. The Morgan fingerprint density at radius 3 is 2.18 bits per heavy atom. The Hall–Kier alpha value is -2.54. The molecule has 0 spiro atoms. The van der Waals surface area contributed by atoms with E-state index in [0.717, 1.165) is 5.92 Å². The summed E-state index contributed by atoms with van der Waals surface area (Å²) in [6, 6.07) is 25.6. The van der Waals surface area contributed by atoms with Crippen LogP contribution in [0.15, 0.2) is 78.5 Å². The molecule has 1 aliphatic rings. The second-order valence-corrected chi connectivity index (χ2v) is 10.0. The lowest BCUT2D eigenvalue weighted by molar-refractivity contribution is 0.148. The lowest BCUT2D eigenvalue weighted by Gasteiger charge is -2.53. The number of anilines is 1. The fourth-order valence-electron chi connectivity index (χ4n) is 6.67. The Balaban J connectivity index is 1.93. The number of allylic oxidation sites excluding steroid dienone is 2. The van der Waals surface area contributed by atoms with Crippen LogP contribution in [-0.4, -0.2) is 0 Å². The molecule has 1 atom stereocenters. The molecule has 33 heavy (non-hydrogen) atoms. The van der Waals surface area contributed by atoms with Gasteiger partial charge in [-0.25, -0.2) is 0 Å². The third kappa shape index (κ3) is 4.12. The molecule has 0 saturated heterocycles. The van der Waals surface area contributed by atoms with Crippen molar-refractivity contribution in [3.05, 3.63) is 89.6 Å². The van der Waals surface area contributed by atoms with Gasteiger partial charge in [0.15, 0.2) is 0 Å². The first-order valence-corrected chi connectivity index (χ1v) is 13.0. The monoisotopic (exact) mass is 439 g/mol. The van der Waals surface area contributed by atoms with Gasteiger partial charge in [-0.1, -0.05) is 87.9 Å². The highest BCUT2D eigenvalue weighted by molar-refractivity contribution is 5.87. The molecule has 4 rings (SSSR count). The van der Waals surface area contributed by atoms with Crippen molar-refractivity contribution in [2.45, 2.75) is 84.0 Å². The SMILES string of the molecule is C/C=C(\C)Nc1ccc2ccc(C(CCC)(C3CC3)C(CC)(CC)c3ccccc3)cc2c1. The average Bonchev–Trinajstić information content (AvgIpc) is 3.70. The summed E-state index contributed by atoms with van der Waals surface area (Å²) in [6.45, 7) is 11.4. The third-order valence-electron chi connectivity index (χ3n) is 8.44. The van der Waals surface area contributed by atoms with Gasteiger partial charge in [0.05, 0.1) is 0 Å². The fourth-order valence-corrected chi connectivity index (χ4v) is 6.67. The van der Waals surface area contributed by atoms with E-state index in [1.165, 1.54) is 66.2 Å². The van der Waals surface area contributed by atoms with Gasteiger partial charge in [-0.2, -0.15) is 0 Å². The highest BCUT2D eigenvalue weighted by Crippen LogP contribution is 2.62. The number of rotatable bonds is 10. The van der Waals surface area contributed by atoms with Gasteiger partial charge in [0.1, 0.15) is 0 Å². The average molecular weight is 440 g/mol. The first-order chi connectivity index (χ1) is 16.0. The standard InChI is InChI=1S/C32H41N/c1-6-21-32(28-18-19-28,31(8-3,9-4)27-13-11-10-12-14-27)29-17-15-25-16-20-30(23-26(25)22-29)33-24(5)7-2/h7,10-17,20,22-23,28,33H,6,8-9,18-19,21H2,1-5H3/b24-7+. The summed E-state index contributed by atoms with van der Waals surface area (Å²) >= 11 is 0. The molecule has 0 heterocycles. The predicted octanol–water partition coefficient (Wildman–Crippen LogP) is 9.38. The van der Waals surface area contributed by atoms with E-state index in [1.807, 2.05) is 0 Å². The zero-order valence-electron chi connectivity index (χ0n) is 21.2. The maximum atomic E-state index is 3.54. The third-order valence-corrected chi connectivity index (χ3v) is 8.44. The van der Waals surface area contributed by atoms with E-state index in [2.05, 4.69) is 113 Å². The summed E-state index contributed by atoms with van der Waals surface area (Å²) in [5.74, 6) is 0.765. The molecule has 0 aromatic heterocycles. The minimum absolute atomic E-state index is 0.149. The van der Waals surface area contributed by atoms with E-state index in [4.69, 9.17) is 0 Å². The topological polar surface area (TPSA) is 12.0 Å². The van der Waals surface area contributed by atoms with Crippen molar-refractivity contribution in [3.8, 4) is 0 Å². The number of hydrogen-bond donors (Lipinski definition) is 1.